The van der Waals surface area contributed by atoms with E-state index in [2.05, 4.69) is 4.72 Å². The predicted octanol–water partition coefficient (Wildman–Crippen LogP) is 2.36. The van der Waals surface area contributed by atoms with Crippen LogP contribution in [-0.2, 0) is 32.4 Å². The van der Waals surface area contributed by atoms with Crippen LogP contribution in [0.5, 0.6) is 11.5 Å². The molecule has 8 nitrogen and oxygen atoms in total. The molecule has 0 atom stereocenters. The third kappa shape index (κ3) is 6.78. The molecule has 1 aromatic heterocycles. The molecule has 0 fully saturated rings. The van der Waals surface area contributed by atoms with E-state index in [9.17, 15) is 18.0 Å². The van der Waals surface area contributed by atoms with Gasteiger partial charge in [-0.05, 0) is 38.5 Å². The van der Waals surface area contributed by atoms with Gasteiger partial charge in [0.25, 0.3) is 0 Å². The lowest BCUT2D eigenvalue weighted by Gasteiger charge is -2.18. The molecule has 0 radical (unpaired) electrons. The number of sulfonamides is 1. The summed E-state index contributed by atoms with van der Waals surface area (Å²) in [6.07, 6.45) is 2.32. The first-order chi connectivity index (χ1) is 14.5. The number of fused-ring (bicyclic) bond motifs is 1. The van der Waals surface area contributed by atoms with Crippen molar-refractivity contribution in [3.05, 3.63) is 45.6 Å². The van der Waals surface area contributed by atoms with Crippen LogP contribution in [0.3, 0.4) is 0 Å². The van der Waals surface area contributed by atoms with Crippen LogP contribution >= 0.6 is 11.3 Å². The maximum absolute atomic E-state index is 12.3. The zero-order valence-corrected chi connectivity index (χ0v) is 19.2. The highest BCUT2D eigenvalue weighted by molar-refractivity contribution is 7.88. The van der Waals surface area contributed by atoms with Crippen LogP contribution in [0.25, 0.3) is 0 Å². The lowest BCUT2D eigenvalue weighted by atomic mass is 10.0. The molecule has 10 heteroatoms. The third-order valence-corrected chi connectivity index (χ3v) is 6.35. The van der Waals surface area contributed by atoms with Crippen molar-refractivity contribution in [2.45, 2.75) is 32.3 Å². The van der Waals surface area contributed by atoms with Gasteiger partial charge in [0, 0.05) is 23.4 Å². The molecular formula is C21H25NO7S2. The van der Waals surface area contributed by atoms with E-state index < -0.39 is 16.0 Å². The van der Waals surface area contributed by atoms with Crippen LogP contribution in [0.15, 0.2) is 30.3 Å². The molecule has 1 aliphatic heterocycles. The van der Waals surface area contributed by atoms with Crippen LogP contribution < -0.4 is 14.2 Å². The summed E-state index contributed by atoms with van der Waals surface area (Å²) in [6.45, 7) is 3.49. The Hall–Kier alpha value is -2.43. The van der Waals surface area contributed by atoms with Crippen LogP contribution in [0.1, 0.15) is 34.0 Å². The minimum Gasteiger partial charge on any atom is -0.483 e. The molecule has 1 N–H and O–H groups in total. The first kappa shape index (κ1) is 23.2. The number of para-hydroxylation sites is 1. The quantitative estimate of drug-likeness (QED) is 0.422. The highest BCUT2D eigenvalue weighted by Gasteiger charge is 2.32. The molecule has 168 valence electrons. The van der Waals surface area contributed by atoms with Crippen molar-refractivity contribution in [3.8, 4) is 11.5 Å². The van der Waals surface area contributed by atoms with Gasteiger partial charge in [0.1, 0.15) is 5.60 Å². The molecule has 3 rings (SSSR count). The number of rotatable bonds is 10. The smallest absolute Gasteiger partial charge is 0.344 e. The number of hydrogen-bond acceptors (Lipinski definition) is 8. The number of Topliss-reactive ketones (excluding diaryl/α,β-unsaturated/α-hetero) is 1. The minimum atomic E-state index is -3.25. The number of esters is 1. The van der Waals surface area contributed by atoms with Crippen molar-refractivity contribution in [2.75, 3.05) is 26.0 Å². The minimum absolute atomic E-state index is 0.253. The maximum atomic E-state index is 12.3. The third-order valence-electron chi connectivity index (χ3n) is 4.44. The fourth-order valence-electron chi connectivity index (χ4n) is 3.12. The number of ketones is 1. The van der Waals surface area contributed by atoms with Gasteiger partial charge in [0.15, 0.2) is 24.7 Å². The van der Waals surface area contributed by atoms with E-state index in [1.54, 1.807) is 18.2 Å². The van der Waals surface area contributed by atoms with Gasteiger partial charge in [-0.2, -0.15) is 0 Å². The Morgan fingerprint density at radius 1 is 1.19 bits per heavy atom. The van der Waals surface area contributed by atoms with Gasteiger partial charge in [0.2, 0.25) is 15.8 Å². The van der Waals surface area contributed by atoms with Crippen molar-refractivity contribution in [1.82, 2.24) is 4.72 Å². The summed E-state index contributed by atoms with van der Waals surface area (Å²) in [7, 11) is -3.25. The molecule has 0 spiro atoms. The molecule has 0 saturated carbocycles. The topological polar surface area (TPSA) is 108 Å². The Labute approximate surface area is 185 Å². The van der Waals surface area contributed by atoms with Crippen LogP contribution in [0, 0.1) is 0 Å². The molecule has 1 aromatic carbocycles. The van der Waals surface area contributed by atoms with Crippen molar-refractivity contribution < 1.29 is 32.2 Å². The maximum Gasteiger partial charge on any atom is 0.344 e. The largest absolute Gasteiger partial charge is 0.483 e. The van der Waals surface area contributed by atoms with Gasteiger partial charge >= 0.3 is 5.97 Å². The monoisotopic (exact) mass is 467 g/mol. The zero-order chi connectivity index (χ0) is 22.6. The summed E-state index contributed by atoms with van der Waals surface area (Å²) >= 11 is 1.24. The second kappa shape index (κ2) is 9.37. The number of carbonyl (C=O) groups excluding carboxylic acids is 2. The summed E-state index contributed by atoms with van der Waals surface area (Å²) in [5.41, 5.74) is 0.695. The van der Waals surface area contributed by atoms with E-state index >= 15 is 0 Å². The second-order valence-corrected chi connectivity index (χ2v) is 10.8. The molecule has 31 heavy (non-hydrogen) atoms. The number of carbonyl (C=O) groups is 2. The first-order valence-electron chi connectivity index (χ1n) is 9.68. The second-order valence-electron chi connectivity index (χ2n) is 7.84. The Morgan fingerprint density at radius 2 is 1.97 bits per heavy atom. The van der Waals surface area contributed by atoms with Crippen molar-refractivity contribution >= 4 is 33.1 Å². The van der Waals surface area contributed by atoms with Gasteiger partial charge in [-0.15, -0.1) is 11.3 Å². The molecule has 0 unspecified atom stereocenters. The molecule has 0 aliphatic carbocycles. The van der Waals surface area contributed by atoms with Crippen LogP contribution in [-0.4, -0.2) is 51.8 Å². The average Bonchev–Trinajstić information content (AvgIpc) is 3.26. The van der Waals surface area contributed by atoms with E-state index in [0.717, 1.165) is 23.1 Å². The molecule has 1 aliphatic rings. The predicted molar refractivity (Wildman–Crippen MR) is 117 cm³/mol. The summed E-state index contributed by atoms with van der Waals surface area (Å²) in [5, 5.41) is 0. The summed E-state index contributed by atoms with van der Waals surface area (Å²) in [5.74, 6) is 0.119. The molecule has 2 aromatic rings. The van der Waals surface area contributed by atoms with E-state index in [0.29, 0.717) is 22.8 Å². The summed E-state index contributed by atoms with van der Waals surface area (Å²) < 4.78 is 41.1. The molecule has 0 amide bonds. The fraction of sp³-hybridized carbons (Fsp3) is 0.429. The number of thiophene rings is 1. The van der Waals surface area contributed by atoms with Gasteiger partial charge in [-0.25, -0.2) is 17.9 Å². The average molecular weight is 468 g/mol. The molecule has 0 bridgehead atoms. The summed E-state index contributed by atoms with van der Waals surface area (Å²) in [6, 6.07) is 8.92. The number of ether oxygens (including phenoxy) is 3. The van der Waals surface area contributed by atoms with E-state index in [4.69, 9.17) is 14.2 Å². The van der Waals surface area contributed by atoms with Crippen LogP contribution in [0.2, 0.25) is 0 Å². The van der Waals surface area contributed by atoms with E-state index in [-0.39, 0.29) is 31.1 Å². The lowest BCUT2D eigenvalue weighted by Crippen LogP contribution is -2.25. The van der Waals surface area contributed by atoms with Crippen molar-refractivity contribution in [3.63, 3.8) is 0 Å². The highest BCUT2D eigenvalue weighted by atomic mass is 32.2. The van der Waals surface area contributed by atoms with E-state index in [1.165, 1.54) is 11.3 Å². The fourth-order valence-corrected chi connectivity index (χ4v) is 4.52. The number of benzene rings is 1. The van der Waals surface area contributed by atoms with Gasteiger partial charge in [-0.1, -0.05) is 12.1 Å². The number of nitrogens with one attached hydrogen (secondary N) is 1. The summed E-state index contributed by atoms with van der Waals surface area (Å²) in [4.78, 5) is 25.6. The zero-order valence-electron chi connectivity index (χ0n) is 17.6. The van der Waals surface area contributed by atoms with Crippen molar-refractivity contribution in [1.29, 1.82) is 0 Å². The van der Waals surface area contributed by atoms with Gasteiger partial charge < -0.3 is 14.2 Å². The molecular weight excluding hydrogens is 442 g/mol. The van der Waals surface area contributed by atoms with Crippen LogP contribution in [0.4, 0.5) is 0 Å². The first-order valence-corrected chi connectivity index (χ1v) is 12.4. The Balaban J connectivity index is 1.45. The molecule has 0 saturated heterocycles. The standard InChI is InChI=1S/C21H25NO7S2/c1-21(2)11-14-5-4-6-17(20(14)29-21)27-13-19(24)28-12-16(23)18-8-7-15(30-18)9-10-22-31(3,25)26/h4-8,22H,9-13H2,1-3H3. The van der Waals surface area contributed by atoms with Crippen molar-refractivity contribution in [2.24, 2.45) is 0 Å². The van der Waals surface area contributed by atoms with Gasteiger partial charge in [-0.3, -0.25) is 4.79 Å². The number of hydrogen-bond donors (Lipinski definition) is 1. The lowest BCUT2D eigenvalue weighted by molar-refractivity contribution is -0.144. The highest BCUT2D eigenvalue weighted by Crippen LogP contribution is 2.41. The van der Waals surface area contributed by atoms with E-state index in [1.807, 2.05) is 26.0 Å². The Bertz CT molecular complexity index is 1070. The molecule has 2 heterocycles. The Morgan fingerprint density at radius 3 is 2.71 bits per heavy atom. The Kier molecular flexibility index (Phi) is 7.03. The van der Waals surface area contributed by atoms with Gasteiger partial charge in [0.05, 0.1) is 11.1 Å². The SMILES string of the molecule is CC1(C)Cc2cccc(OCC(=O)OCC(=O)c3ccc(CCNS(C)(=O)=O)s3)c2O1. The normalized spacial score (nSPS) is 14.5.